The van der Waals surface area contributed by atoms with Crippen LogP contribution < -0.4 is 56.1 Å². The van der Waals surface area contributed by atoms with E-state index in [0.717, 1.165) is 18.6 Å². The molecular weight excluding hydrogens is 523 g/mol. The summed E-state index contributed by atoms with van der Waals surface area (Å²) in [6.07, 6.45) is 17.9. The van der Waals surface area contributed by atoms with E-state index >= 15 is 0 Å². The topological polar surface area (TPSA) is 138 Å². The van der Waals surface area contributed by atoms with E-state index in [4.69, 9.17) is 19.5 Å². The molecule has 3 N–H and O–H groups in total. The quantitative estimate of drug-likeness (QED) is 0.0940. The number of aliphatic carboxylic acids is 2. The maximum absolute atomic E-state index is 10.2. The molecule has 37 heavy (non-hydrogen) atoms. The van der Waals surface area contributed by atoms with Gasteiger partial charge in [0.05, 0.1) is 12.5 Å². The SMILES string of the molecule is O=C(O)CC(C(=O)O)S(=O)(=O)O.[CH2-]CC(CCCCCCCCCCCCCC)Oc1ccccc1.[K+]. The number of carboxylic acid groups (broad SMARTS) is 2. The van der Waals surface area contributed by atoms with Crippen molar-refractivity contribution in [1.29, 1.82) is 0 Å². The van der Waals surface area contributed by atoms with Crippen LogP contribution in [0, 0.1) is 6.92 Å². The first-order chi connectivity index (χ1) is 17.1. The normalized spacial score (nSPS) is 12.4. The number of hydrogen-bond donors (Lipinski definition) is 3. The Hall–Kier alpha value is -0.494. The molecule has 2 atom stereocenters. The molecule has 0 heterocycles. The molecule has 1 aromatic rings. The minimum Gasteiger partial charge on any atom is -0.493 e. The Kier molecular flexibility index (Phi) is 25.6. The molecule has 0 radical (unpaired) electrons. The fraction of sp³-hybridized carbons (Fsp3) is 0.667. The smallest absolute Gasteiger partial charge is 0.493 e. The summed E-state index contributed by atoms with van der Waals surface area (Å²) in [5, 5.41) is 13.9. The predicted octanol–water partition coefficient (Wildman–Crippen LogP) is 3.56. The third kappa shape index (κ3) is 23.1. The Morgan fingerprint density at radius 2 is 1.32 bits per heavy atom. The van der Waals surface area contributed by atoms with Crippen molar-refractivity contribution < 1.29 is 88.9 Å². The Balaban J connectivity index is 0. The fourth-order valence-corrected chi connectivity index (χ4v) is 4.25. The predicted molar refractivity (Wildman–Crippen MR) is 142 cm³/mol. The number of carboxylic acids is 2. The van der Waals surface area contributed by atoms with Gasteiger partial charge in [-0.05, 0) is 25.0 Å². The second-order valence-corrected chi connectivity index (χ2v) is 10.6. The van der Waals surface area contributed by atoms with Crippen LogP contribution in [0.5, 0.6) is 5.75 Å². The van der Waals surface area contributed by atoms with Gasteiger partial charge in [-0.2, -0.15) is 8.42 Å². The average Bonchev–Trinajstić information content (AvgIpc) is 2.82. The number of carbonyl (C=O) groups is 2. The summed E-state index contributed by atoms with van der Waals surface area (Å²) in [4.78, 5) is 20.0. The average molecular weight is 569 g/mol. The molecule has 10 heteroatoms. The summed E-state index contributed by atoms with van der Waals surface area (Å²) in [7, 11) is -4.84. The van der Waals surface area contributed by atoms with Crippen LogP contribution in [0.3, 0.4) is 0 Å². The maximum Gasteiger partial charge on any atom is 1.00 e. The van der Waals surface area contributed by atoms with E-state index in [1.165, 1.54) is 77.0 Å². The van der Waals surface area contributed by atoms with E-state index in [0.29, 0.717) is 0 Å². The molecule has 0 aliphatic rings. The molecule has 0 bridgehead atoms. The molecule has 0 fully saturated rings. The molecule has 0 spiro atoms. The second kappa shape index (κ2) is 24.5. The fourth-order valence-electron chi connectivity index (χ4n) is 3.65. The summed E-state index contributed by atoms with van der Waals surface area (Å²) in [5.41, 5.74) is 0. The second-order valence-electron chi connectivity index (χ2n) is 8.96. The number of rotatable bonds is 20. The zero-order valence-electron chi connectivity index (χ0n) is 22.6. The summed E-state index contributed by atoms with van der Waals surface area (Å²) in [6.45, 7) is 6.32. The van der Waals surface area contributed by atoms with Gasteiger partial charge in [0.15, 0.2) is 5.25 Å². The van der Waals surface area contributed by atoms with Crippen LogP contribution in [0.25, 0.3) is 0 Å². The molecule has 2 unspecified atom stereocenters. The maximum atomic E-state index is 10.2. The van der Waals surface area contributed by atoms with Crippen molar-refractivity contribution in [3.63, 3.8) is 0 Å². The Labute approximate surface area is 266 Å². The number of ether oxygens (including phenoxy) is 1. The molecule has 0 saturated carbocycles. The van der Waals surface area contributed by atoms with Crippen molar-refractivity contribution in [2.75, 3.05) is 0 Å². The number of hydrogen-bond acceptors (Lipinski definition) is 5. The van der Waals surface area contributed by atoms with Crippen LogP contribution >= 0.6 is 0 Å². The minimum absolute atomic E-state index is 0. The molecule has 0 amide bonds. The minimum atomic E-state index is -4.84. The number of unbranched alkanes of at least 4 members (excludes halogenated alkanes) is 11. The van der Waals surface area contributed by atoms with Crippen molar-refractivity contribution in [1.82, 2.24) is 0 Å². The summed E-state index contributed by atoms with van der Waals surface area (Å²) in [6, 6.07) is 10.1. The van der Waals surface area contributed by atoms with Gasteiger partial charge in [0.1, 0.15) is 5.75 Å². The first-order valence-electron chi connectivity index (χ1n) is 13.0. The zero-order chi connectivity index (χ0) is 27.2. The molecule has 0 aliphatic heterocycles. The Bertz CT molecular complexity index is 802. The van der Waals surface area contributed by atoms with Crippen molar-refractivity contribution >= 4 is 22.1 Å². The third-order valence-corrected chi connectivity index (χ3v) is 6.83. The zero-order valence-corrected chi connectivity index (χ0v) is 26.6. The third-order valence-electron chi connectivity index (χ3n) is 5.74. The monoisotopic (exact) mass is 568 g/mol. The first kappa shape index (κ1) is 38.7. The van der Waals surface area contributed by atoms with Crippen molar-refractivity contribution in [2.24, 2.45) is 0 Å². The molecule has 8 nitrogen and oxygen atoms in total. The van der Waals surface area contributed by atoms with E-state index in [1.54, 1.807) is 0 Å². The van der Waals surface area contributed by atoms with Crippen molar-refractivity contribution in [2.45, 2.75) is 115 Å². The van der Waals surface area contributed by atoms with Gasteiger partial charge in [-0.3, -0.25) is 14.1 Å². The van der Waals surface area contributed by atoms with Gasteiger partial charge < -0.3 is 21.9 Å². The van der Waals surface area contributed by atoms with Gasteiger partial charge in [-0.25, -0.2) is 0 Å². The first-order valence-corrected chi connectivity index (χ1v) is 14.5. The van der Waals surface area contributed by atoms with E-state index in [9.17, 15) is 18.0 Å². The molecule has 0 saturated heterocycles. The van der Waals surface area contributed by atoms with Gasteiger partial charge in [-0.15, -0.1) is 6.42 Å². The molecule has 1 aromatic carbocycles. The van der Waals surface area contributed by atoms with Crippen LogP contribution in [0.15, 0.2) is 30.3 Å². The Morgan fingerprint density at radius 1 is 0.865 bits per heavy atom. The van der Waals surface area contributed by atoms with E-state index in [1.807, 2.05) is 30.3 Å². The summed E-state index contributed by atoms with van der Waals surface area (Å²) >= 11 is 0. The van der Waals surface area contributed by atoms with Crippen LogP contribution in [0.2, 0.25) is 0 Å². The van der Waals surface area contributed by atoms with Crippen molar-refractivity contribution in [3.8, 4) is 5.75 Å². The summed E-state index contributed by atoms with van der Waals surface area (Å²) < 4.78 is 34.7. The Morgan fingerprint density at radius 3 is 1.68 bits per heavy atom. The van der Waals surface area contributed by atoms with E-state index in [2.05, 4.69) is 13.8 Å². The number of benzene rings is 1. The van der Waals surface area contributed by atoms with Gasteiger partial charge >= 0.3 is 63.3 Å². The van der Waals surface area contributed by atoms with E-state index in [-0.39, 0.29) is 57.5 Å². The van der Waals surface area contributed by atoms with E-state index < -0.39 is 33.7 Å². The van der Waals surface area contributed by atoms with Gasteiger partial charge in [0.25, 0.3) is 10.1 Å². The summed E-state index contributed by atoms with van der Waals surface area (Å²) in [5.74, 6) is -2.52. The van der Waals surface area contributed by atoms with Crippen LogP contribution in [-0.4, -0.2) is 46.5 Å². The number of para-hydroxylation sites is 1. The van der Waals surface area contributed by atoms with Crippen LogP contribution in [0.4, 0.5) is 0 Å². The van der Waals surface area contributed by atoms with Gasteiger partial charge in [0, 0.05) is 0 Å². The van der Waals surface area contributed by atoms with Crippen LogP contribution in [-0.2, 0) is 19.7 Å². The molecular formula is C27H45KO8S. The van der Waals surface area contributed by atoms with Crippen LogP contribution in [0.1, 0.15) is 103 Å². The molecule has 0 aliphatic carbocycles. The van der Waals surface area contributed by atoms with Gasteiger partial charge in [0.2, 0.25) is 0 Å². The molecule has 0 aromatic heterocycles. The van der Waals surface area contributed by atoms with Gasteiger partial charge in [-0.1, -0.05) is 95.8 Å². The van der Waals surface area contributed by atoms with Crippen molar-refractivity contribution in [3.05, 3.63) is 37.3 Å². The molecule has 208 valence electrons. The standard InChI is InChI=1S/C23H39O.C4H6O7S.K/c1-3-5-6-7-8-9-10-11-12-13-14-16-19-22(4-2)24-23-20-17-15-18-21-23;5-3(6)1-2(4(7)8)12(9,10)11;/h15,17-18,20-22H,2-14,16,19H2,1H3;2H,1H2,(H,5,6)(H,7,8)(H,9,10,11);/q-1;;+1. The largest absolute Gasteiger partial charge is 1.00 e. The molecule has 1 rings (SSSR count).